The third kappa shape index (κ3) is 2.48. The number of nitrogens with zero attached hydrogens (tertiary/aromatic N) is 5. The lowest BCUT2D eigenvalue weighted by Gasteiger charge is -2.27. The molecule has 5 rings (SSSR count). The molecule has 1 atom stereocenters. The van der Waals surface area contributed by atoms with Gasteiger partial charge in [-0.2, -0.15) is 5.10 Å². The number of hydrogen-bond acceptors (Lipinski definition) is 5. The zero-order chi connectivity index (χ0) is 18.4. The molecule has 1 aliphatic heterocycles. The number of aromatic nitrogens is 4. The van der Waals surface area contributed by atoms with E-state index < -0.39 is 0 Å². The fourth-order valence-corrected chi connectivity index (χ4v) is 4.05. The summed E-state index contributed by atoms with van der Waals surface area (Å²) >= 11 is 0. The third-order valence-corrected chi connectivity index (χ3v) is 5.39. The van der Waals surface area contributed by atoms with E-state index in [2.05, 4.69) is 21.2 Å². The van der Waals surface area contributed by atoms with Crippen LogP contribution >= 0.6 is 0 Å². The number of para-hydroxylation sites is 1. The molecule has 1 aliphatic rings. The molecule has 6 nitrogen and oxygen atoms in total. The molecule has 0 radical (unpaired) electrons. The molecule has 1 saturated heterocycles. The van der Waals surface area contributed by atoms with Crippen molar-refractivity contribution in [2.75, 3.05) is 11.4 Å². The largest absolute Gasteiger partial charge is 0.344 e. The highest BCUT2D eigenvalue weighted by molar-refractivity contribution is 5.91. The maximum absolute atomic E-state index is 12.8. The molecule has 1 fully saturated rings. The molecule has 0 amide bonds. The van der Waals surface area contributed by atoms with Gasteiger partial charge in [0.2, 0.25) is 0 Å². The number of benzene rings is 2. The maximum Gasteiger partial charge on any atom is 0.261 e. The highest BCUT2D eigenvalue weighted by atomic mass is 16.1. The number of hydrogen-bond donors (Lipinski definition) is 0. The van der Waals surface area contributed by atoms with Gasteiger partial charge in [0, 0.05) is 24.4 Å². The molecule has 0 N–H and O–H groups in total. The molecule has 0 aliphatic carbocycles. The van der Waals surface area contributed by atoms with E-state index in [1.54, 1.807) is 10.8 Å². The second-order valence-electron chi connectivity index (χ2n) is 6.96. The van der Waals surface area contributed by atoms with Crippen molar-refractivity contribution in [3.05, 3.63) is 70.9 Å². The molecule has 6 heteroatoms. The summed E-state index contributed by atoms with van der Waals surface area (Å²) in [6.07, 6.45) is 3.75. The van der Waals surface area contributed by atoms with Crippen molar-refractivity contribution in [1.29, 1.82) is 0 Å². The molecule has 134 valence electrons. The number of anilines is 1. The minimum atomic E-state index is -0.00791. The predicted molar refractivity (Wildman–Crippen MR) is 106 cm³/mol. The van der Waals surface area contributed by atoms with E-state index in [0.717, 1.165) is 47.3 Å². The molecule has 0 bridgehead atoms. The van der Waals surface area contributed by atoms with Gasteiger partial charge in [-0.3, -0.25) is 9.36 Å². The van der Waals surface area contributed by atoms with Crippen LogP contribution in [-0.2, 0) is 7.05 Å². The van der Waals surface area contributed by atoms with Crippen LogP contribution in [-0.4, -0.2) is 26.3 Å². The van der Waals surface area contributed by atoms with E-state index in [4.69, 9.17) is 4.98 Å². The second kappa shape index (κ2) is 6.16. The van der Waals surface area contributed by atoms with E-state index >= 15 is 0 Å². The van der Waals surface area contributed by atoms with Gasteiger partial charge in [0.25, 0.3) is 5.56 Å². The molecule has 27 heavy (non-hydrogen) atoms. The van der Waals surface area contributed by atoms with E-state index in [1.165, 1.54) is 0 Å². The number of fused-ring (bicyclic) bond motifs is 2. The Morgan fingerprint density at radius 3 is 2.70 bits per heavy atom. The smallest absolute Gasteiger partial charge is 0.261 e. The Bertz CT molecular complexity index is 1210. The van der Waals surface area contributed by atoms with Crippen LogP contribution in [0.25, 0.3) is 21.7 Å². The van der Waals surface area contributed by atoms with Crippen LogP contribution in [0.1, 0.15) is 24.7 Å². The summed E-state index contributed by atoms with van der Waals surface area (Å²) in [6.45, 7) is 0.871. The molecule has 3 heterocycles. The van der Waals surface area contributed by atoms with Crippen LogP contribution < -0.4 is 10.5 Å². The average molecular weight is 357 g/mol. The van der Waals surface area contributed by atoms with Crippen LogP contribution in [0.4, 0.5) is 5.82 Å². The standard InChI is InChI=1S/C21H19N5O/c1-25-20(23-17-10-5-4-9-16(17)21(25)27)18-11-6-12-26(18)19-15-8-3-2-7-14(15)13-22-24-19/h2-5,7-10,13,18H,6,11-12H2,1H3. The fraction of sp³-hybridized carbons (Fsp3) is 0.238. The predicted octanol–water partition coefficient (Wildman–Crippen LogP) is 3.22. The minimum absolute atomic E-state index is 0.00686. The maximum atomic E-state index is 12.8. The summed E-state index contributed by atoms with van der Waals surface area (Å²) in [5.41, 5.74) is 0.734. The highest BCUT2D eigenvalue weighted by Crippen LogP contribution is 2.37. The lowest BCUT2D eigenvalue weighted by Crippen LogP contribution is -2.31. The van der Waals surface area contributed by atoms with Crippen molar-refractivity contribution in [3.8, 4) is 0 Å². The first-order valence-electron chi connectivity index (χ1n) is 9.17. The molecule has 4 aromatic rings. The van der Waals surface area contributed by atoms with Crippen LogP contribution in [0.3, 0.4) is 0 Å². The van der Waals surface area contributed by atoms with Gasteiger partial charge in [0.1, 0.15) is 5.82 Å². The van der Waals surface area contributed by atoms with Crippen molar-refractivity contribution in [2.24, 2.45) is 7.05 Å². The zero-order valence-corrected chi connectivity index (χ0v) is 15.0. The normalized spacial score (nSPS) is 17.1. The van der Waals surface area contributed by atoms with Crippen LogP contribution in [0, 0.1) is 0 Å². The van der Waals surface area contributed by atoms with Gasteiger partial charge in [-0.1, -0.05) is 36.4 Å². The van der Waals surface area contributed by atoms with Crippen LogP contribution in [0.2, 0.25) is 0 Å². The monoisotopic (exact) mass is 357 g/mol. The summed E-state index contributed by atoms with van der Waals surface area (Å²) in [4.78, 5) is 19.9. The summed E-state index contributed by atoms with van der Waals surface area (Å²) in [6, 6.07) is 15.7. The Kier molecular flexibility index (Phi) is 3.63. The zero-order valence-electron chi connectivity index (χ0n) is 15.0. The van der Waals surface area contributed by atoms with Crippen LogP contribution in [0.5, 0.6) is 0 Å². The van der Waals surface area contributed by atoms with Crippen LogP contribution in [0.15, 0.2) is 59.5 Å². The van der Waals surface area contributed by atoms with Crippen molar-refractivity contribution in [2.45, 2.75) is 18.9 Å². The Morgan fingerprint density at radius 1 is 1.04 bits per heavy atom. The first kappa shape index (κ1) is 15.9. The van der Waals surface area contributed by atoms with Gasteiger partial charge in [0.05, 0.1) is 23.1 Å². The lowest BCUT2D eigenvalue weighted by atomic mass is 10.1. The molecular formula is C21H19N5O. The molecule has 0 spiro atoms. The van der Waals surface area contributed by atoms with Gasteiger partial charge in [-0.25, -0.2) is 4.98 Å². The minimum Gasteiger partial charge on any atom is -0.344 e. The Labute approximate surface area is 156 Å². The van der Waals surface area contributed by atoms with Gasteiger partial charge in [0.15, 0.2) is 5.82 Å². The second-order valence-corrected chi connectivity index (χ2v) is 6.96. The summed E-state index contributed by atoms with van der Waals surface area (Å²) in [7, 11) is 1.81. The van der Waals surface area contributed by atoms with Crippen molar-refractivity contribution in [3.63, 3.8) is 0 Å². The van der Waals surface area contributed by atoms with Gasteiger partial charge in [-0.05, 0) is 25.0 Å². The quantitative estimate of drug-likeness (QED) is 0.551. The summed E-state index contributed by atoms with van der Waals surface area (Å²) < 4.78 is 1.68. The van der Waals surface area contributed by atoms with Crippen molar-refractivity contribution in [1.82, 2.24) is 19.7 Å². The molecular weight excluding hydrogens is 338 g/mol. The molecule has 0 saturated carbocycles. The molecule has 2 aromatic carbocycles. The lowest BCUT2D eigenvalue weighted by molar-refractivity contribution is 0.606. The van der Waals surface area contributed by atoms with Crippen molar-refractivity contribution >= 4 is 27.5 Å². The van der Waals surface area contributed by atoms with E-state index in [1.807, 2.05) is 49.5 Å². The van der Waals surface area contributed by atoms with Gasteiger partial charge >= 0.3 is 0 Å². The topological polar surface area (TPSA) is 63.9 Å². The Morgan fingerprint density at radius 2 is 1.81 bits per heavy atom. The highest BCUT2D eigenvalue weighted by Gasteiger charge is 2.31. The SMILES string of the molecule is Cn1c(C2CCCN2c2nncc3ccccc23)nc2ccccc2c1=O. The van der Waals surface area contributed by atoms with Gasteiger partial charge in [-0.15, -0.1) is 5.10 Å². The first-order valence-corrected chi connectivity index (χ1v) is 9.17. The summed E-state index contributed by atoms with van der Waals surface area (Å²) in [5.74, 6) is 1.64. The number of rotatable bonds is 2. The van der Waals surface area contributed by atoms with E-state index in [0.29, 0.717) is 5.39 Å². The molecule has 2 aromatic heterocycles. The average Bonchev–Trinajstić information content (AvgIpc) is 3.19. The summed E-state index contributed by atoms with van der Waals surface area (Å²) in [5, 5.41) is 11.4. The van der Waals surface area contributed by atoms with Gasteiger partial charge < -0.3 is 4.90 Å². The fourth-order valence-electron chi connectivity index (χ4n) is 4.05. The Hall–Kier alpha value is -3.28. The van der Waals surface area contributed by atoms with E-state index in [-0.39, 0.29) is 11.6 Å². The molecule has 1 unspecified atom stereocenters. The van der Waals surface area contributed by atoms with E-state index in [9.17, 15) is 4.79 Å². The Balaban J connectivity index is 1.68. The first-order chi connectivity index (χ1) is 13.2. The third-order valence-electron chi connectivity index (χ3n) is 5.39. The van der Waals surface area contributed by atoms with Crippen molar-refractivity contribution < 1.29 is 0 Å².